The van der Waals surface area contributed by atoms with Crippen molar-refractivity contribution in [2.75, 3.05) is 20.3 Å². The van der Waals surface area contributed by atoms with Crippen molar-refractivity contribution >= 4 is 36.6 Å². The van der Waals surface area contributed by atoms with Gasteiger partial charge in [-0.3, -0.25) is 0 Å². The number of methoxy groups -OCH3 is 1. The van der Waals surface area contributed by atoms with E-state index in [1.54, 1.807) is 11.5 Å². The quantitative estimate of drug-likeness (QED) is 0.310. The van der Waals surface area contributed by atoms with Crippen LogP contribution in [-0.4, -0.2) is 55.6 Å². The minimum absolute atomic E-state index is 0.0340. The Labute approximate surface area is 232 Å². The number of ether oxygens (including phenoxy) is 2. The van der Waals surface area contributed by atoms with Crippen LogP contribution >= 0.6 is 11.3 Å². The highest BCUT2D eigenvalue weighted by Gasteiger charge is 2.52. The van der Waals surface area contributed by atoms with E-state index in [0.29, 0.717) is 10.5 Å². The standard InChI is InChI=1S/C29H31BN2O6S/c1-28(2)29(3,4)38-30(37-28)18(14-25-32-24(17-39-25)26(33)35-5)15-31-27(34)36-16-23-21-12-8-6-10-19(21)20-11-7-9-13-22(20)23/h6-14,17,23H,15-16H2,1-5H3,(H,31,34). The van der Waals surface area contributed by atoms with Gasteiger partial charge in [-0.05, 0) is 61.5 Å². The average Bonchev–Trinajstić information content (AvgIpc) is 3.57. The van der Waals surface area contributed by atoms with Crippen molar-refractivity contribution in [1.29, 1.82) is 0 Å². The Kier molecular flexibility index (Phi) is 7.37. The summed E-state index contributed by atoms with van der Waals surface area (Å²) in [4.78, 5) is 29.1. The number of carbonyl (C=O) groups is 2. The number of thiazole rings is 1. The maximum atomic E-state index is 12.9. The number of esters is 1. The van der Waals surface area contributed by atoms with Crippen molar-refractivity contribution in [2.24, 2.45) is 0 Å². The van der Waals surface area contributed by atoms with Crippen molar-refractivity contribution < 1.29 is 28.4 Å². The van der Waals surface area contributed by atoms with Crippen molar-refractivity contribution in [3.63, 3.8) is 0 Å². The predicted octanol–water partition coefficient (Wildman–Crippen LogP) is 5.48. The van der Waals surface area contributed by atoms with Crippen LogP contribution in [0, 0.1) is 0 Å². The number of hydrogen-bond acceptors (Lipinski definition) is 8. The molecule has 202 valence electrons. The molecule has 1 aromatic heterocycles. The molecule has 0 spiro atoms. The molecule has 0 radical (unpaired) electrons. The van der Waals surface area contributed by atoms with Gasteiger partial charge in [-0.1, -0.05) is 48.5 Å². The van der Waals surface area contributed by atoms with E-state index in [-0.39, 0.29) is 24.8 Å². The summed E-state index contributed by atoms with van der Waals surface area (Å²) >= 11 is 1.29. The lowest BCUT2D eigenvalue weighted by Gasteiger charge is -2.32. The van der Waals surface area contributed by atoms with Crippen LogP contribution in [0.2, 0.25) is 0 Å². The van der Waals surface area contributed by atoms with E-state index in [0.717, 1.165) is 11.1 Å². The summed E-state index contributed by atoms with van der Waals surface area (Å²) in [6.07, 6.45) is 1.22. The molecule has 8 nitrogen and oxygen atoms in total. The second kappa shape index (κ2) is 10.6. The lowest BCUT2D eigenvalue weighted by Crippen LogP contribution is -2.41. The summed E-state index contributed by atoms with van der Waals surface area (Å²) in [6.45, 7) is 8.17. The average molecular weight is 546 g/mol. The first kappa shape index (κ1) is 27.1. The molecule has 2 aliphatic rings. The molecule has 0 saturated carbocycles. The number of fused-ring (bicyclic) bond motifs is 3. The van der Waals surface area contributed by atoms with Crippen molar-refractivity contribution in [1.82, 2.24) is 10.3 Å². The topological polar surface area (TPSA) is 96.0 Å². The van der Waals surface area contributed by atoms with Crippen LogP contribution in [0.1, 0.15) is 60.2 Å². The molecular weight excluding hydrogens is 515 g/mol. The molecular formula is C29H31BN2O6S. The Morgan fingerprint density at radius 1 is 1.03 bits per heavy atom. The van der Waals surface area contributed by atoms with E-state index < -0.39 is 30.4 Å². The van der Waals surface area contributed by atoms with Crippen LogP contribution in [-0.2, 0) is 18.8 Å². The zero-order valence-corrected chi connectivity index (χ0v) is 23.5. The Balaban J connectivity index is 1.30. The Hall–Kier alpha value is -3.47. The van der Waals surface area contributed by atoms with E-state index >= 15 is 0 Å². The van der Waals surface area contributed by atoms with Gasteiger partial charge < -0.3 is 24.1 Å². The predicted molar refractivity (Wildman–Crippen MR) is 151 cm³/mol. The van der Waals surface area contributed by atoms with Crippen LogP contribution in [0.3, 0.4) is 0 Å². The van der Waals surface area contributed by atoms with Gasteiger partial charge in [0.25, 0.3) is 0 Å². The summed E-state index contributed by atoms with van der Waals surface area (Å²) < 4.78 is 22.9. The highest BCUT2D eigenvalue weighted by molar-refractivity contribution is 7.10. The van der Waals surface area contributed by atoms with Gasteiger partial charge in [-0.2, -0.15) is 0 Å². The number of rotatable bonds is 7. The number of alkyl carbamates (subject to hydrolysis) is 1. The molecule has 1 N–H and O–H groups in total. The van der Waals surface area contributed by atoms with E-state index in [1.807, 2.05) is 52.0 Å². The summed E-state index contributed by atoms with van der Waals surface area (Å²) in [5, 5.41) is 5.03. The van der Waals surface area contributed by atoms with E-state index in [4.69, 9.17) is 18.8 Å². The maximum absolute atomic E-state index is 12.9. The molecule has 0 atom stereocenters. The molecule has 0 unspecified atom stereocenters. The number of carbonyl (C=O) groups excluding carboxylic acids is 2. The molecule has 2 aromatic carbocycles. The molecule has 1 aliphatic heterocycles. The van der Waals surface area contributed by atoms with Crippen LogP contribution < -0.4 is 5.32 Å². The van der Waals surface area contributed by atoms with Crippen LogP contribution in [0.15, 0.2) is 59.4 Å². The first-order chi connectivity index (χ1) is 18.6. The highest BCUT2D eigenvalue weighted by atomic mass is 32.1. The van der Waals surface area contributed by atoms with Gasteiger partial charge in [0.05, 0.1) is 18.3 Å². The maximum Gasteiger partial charge on any atom is 0.492 e. The fourth-order valence-electron chi connectivity index (χ4n) is 4.73. The largest absolute Gasteiger partial charge is 0.492 e. The number of hydrogen-bond donors (Lipinski definition) is 1. The highest BCUT2D eigenvalue weighted by Crippen LogP contribution is 2.44. The Morgan fingerprint density at radius 3 is 2.21 bits per heavy atom. The normalized spacial score (nSPS) is 17.5. The lowest BCUT2D eigenvalue weighted by molar-refractivity contribution is 0.00578. The molecule has 2 heterocycles. The van der Waals surface area contributed by atoms with Crippen LogP contribution in [0.25, 0.3) is 17.2 Å². The lowest BCUT2D eigenvalue weighted by atomic mass is 9.77. The first-order valence-electron chi connectivity index (χ1n) is 12.8. The van der Waals surface area contributed by atoms with Crippen LogP contribution in [0.5, 0.6) is 0 Å². The third kappa shape index (κ3) is 5.37. The van der Waals surface area contributed by atoms with Crippen molar-refractivity contribution in [3.05, 3.63) is 81.2 Å². The second-order valence-electron chi connectivity index (χ2n) is 10.5. The molecule has 1 amide bonds. The second-order valence-corrected chi connectivity index (χ2v) is 11.4. The fourth-order valence-corrected chi connectivity index (χ4v) is 5.48. The van der Waals surface area contributed by atoms with Crippen molar-refractivity contribution in [2.45, 2.75) is 44.8 Å². The molecule has 1 fully saturated rings. The fraction of sp³-hybridized carbons (Fsp3) is 0.345. The van der Waals surface area contributed by atoms with Gasteiger partial charge in [-0.25, -0.2) is 14.6 Å². The molecule has 1 aliphatic carbocycles. The first-order valence-corrected chi connectivity index (χ1v) is 13.7. The monoisotopic (exact) mass is 546 g/mol. The number of nitrogens with one attached hydrogen (secondary N) is 1. The molecule has 1 saturated heterocycles. The molecule has 5 rings (SSSR count). The van der Waals surface area contributed by atoms with Gasteiger partial charge in [-0.15, -0.1) is 11.3 Å². The third-order valence-electron chi connectivity index (χ3n) is 7.56. The number of aromatic nitrogens is 1. The third-order valence-corrected chi connectivity index (χ3v) is 8.35. The van der Waals surface area contributed by atoms with Gasteiger partial charge >= 0.3 is 19.2 Å². The Morgan fingerprint density at radius 2 is 1.62 bits per heavy atom. The smallest absolute Gasteiger partial charge is 0.464 e. The van der Waals surface area contributed by atoms with E-state index in [9.17, 15) is 9.59 Å². The molecule has 39 heavy (non-hydrogen) atoms. The van der Waals surface area contributed by atoms with Crippen molar-refractivity contribution in [3.8, 4) is 11.1 Å². The molecule has 10 heteroatoms. The number of nitrogens with zero attached hydrogens (tertiary/aromatic N) is 1. The van der Waals surface area contributed by atoms with Gasteiger partial charge in [0.15, 0.2) is 5.69 Å². The van der Waals surface area contributed by atoms with Gasteiger partial charge in [0.1, 0.15) is 11.6 Å². The summed E-state index contributed by atoms with van der Waals surface area (Å²) in [5.41, 5.74) is 4.36. The zero-order valence-electron chi connectivity index (χ0n) is 22.6. The minimum atomic E-state index is -0.714. The molecule has 3 aromatic rings. The molecule has 0 bridgehead atoms. The number of amides is 1. The Bertz CT molecular complexity index is 1370. The SMILES string of the molecule is COC(=O)c1csc(C=C(CNC(=O)OCC2c3ccccc3-c3ccccc32)B2OC(C)(C)C(C)(C)O2)n1. The summed E-state index contributed by atoms with van der Waals surface area (Å²) in [7, 11) is 0.597. The van der Waals surface area contributed by atoms with Gasteiger partial charge in [0.2, 0.25) is 0 Å². The summed E-state index contributed by atoms with van der Waals surface area (Å²) in [6, 6.07) is 16.4. The minimum Gasteiger partial charge on any atom is -0.464 e. The van der Waals surface area contributed by atoms with E-state index in [1.165, 1.54) is 29.6 Å². The zero-order chi connectivity index (χ0) is 27.8. The van der Waals surface area contributed by atoms with E-state index in [2.05, 4.69) is 34.6 Å². The summed E-state index contributed by atoms with van der Waals surface area (Å²) in [5.74, 6) is -0.548. The van der Waals surface area contributed by atoms with Crippen LogP contribution in [0.4, 0.5) is 4.79 Å². The van der Waals surface area contributed by atoms with Gasteiger partial charge in [0, 0.05) is 17.8 Å². The number of benzene rings is 2.